The Hall–Kier alpha value is -1.49. The van der Waals surface area contributed by atoms with Crippen molar-refractivity contribution in [1.29, 1.82) is 0 Å². The van der Waals surface area contributed by atoms with Gasteiger partial charge < -0.3 is 9.64 Å². The molecular weight excluding hydrogens is 238 g/mol. The van der Waals surface area contributed by atoms with Crippen molar-refractivity contribution in [3.63, 3.8) is 0 Å². The average Bonchev–Trinajstić information content (AvgIpc) is 2.37. The molecule has 0 unspecified atom stereocenters. The second kappa shape index (κ2) is 6.30. The highest BCUT2D eigenvalue weighted by atomic mass is 32.2. The van der Waals surface area contributed by atoms with Crippen LogP contribution in [0.3, 0.4) is 0 Å². The lowest BCUT2D eigenvalue weighted by Gasteiger charge is -2.17. The molecule has 0 atom stereocenters. The summed E-state index contributed by atoms with van der Waals surface area (Å²) in [6, 6.07) is 7.31. The van der Waals surface area contributed by atoms with E-state index in [0.29, 0.717) is 5.56 Å². The van der Waals surface area contributed by atoms with Crippen LogP contribution in [0.5, 0.6) is 0 Å². The smallest absolute Gasteiger partial charge is 0.325 e. The van der Waals surface area contributed by atoms with Gasteiger partial charge in [0.1, 0.15) is 6.54 Å². The van der Waals surface area contributed by atoms with E-state index in [-0.39, 0.29) is 12.5 Å². The van der Waals surface area contributed by atoms with Crippen LogP contribution in [0.1, 0.15) is 10.4 Å². The summed E-state index contributed by atoms with van der Waals surface area (Å²) in [7, 11) is 2.88. The number of esters is 1. The molecule has 0 heterocycles. The van der Waals surface area contributed by atoms with E-state index in [1.165, 1.54) is 23.8 Å². The minimum absolute atomic E-state index is 0.0436. The van der Waals surface area contributed by atoms with Crippen LogP contribution in [0.2, 0.25) is 0 Å². The van der Waals surface area contributed by atoms with Crippen molar-refractivity contribution < 1.29 is 14.3 Å². The average molecular weight is 253 g/mol. The van der Waals surface area contributed by atoms with E-state index in [9.17, 15) is 9.59 Å². The fourth-order valence-electron chi connectivity index (χ4n) is 1.36. The summed E-state index contributed by atoms with van der Waals surface area (Å²) < 4.78 is 4.53. The van der Waals surface area contributed by atoms with E-state index in [4.69, 9.17) is 0 Å². The van der Waals surface area contributed by atoms with Crippen LogP contribution in [0.4, 0.5) is 0 Å². The van der Waals surface area contributed by atoms with Gasteiger partial charge in [0, 0.05) is 11.9 Å². The highest BCUT2D eigenvalue weighted by Gasteiger charge is 2.17. The van der Waals surface area contributed by atoms with E-state index in [1.807, 2.05) is 18.4 Å². The number of rotatable bonds is 4. The standard InChI is InChI=1S/C12H15NO3S/c1-13(8-11(14)16-2)12(15)9-6-4-5-7-10(9)17-3/h4-7H,8H2,1-3H3. The third kappa shape index (κ3) is 3.49. The molecule has 0 saturated carbocycles. The van der Waals surface area contributed by atoms with Crippen LogP contribution in [0, 0.1) is 0 Å². The number of thioether (sulfide) groups is 1. The molecule has 0 saturated heterocycles. The van der Waals surface area contributed by atoms with E-state index in [1.54, 1.807) is 19.2 Å². The zero-order valence-electron chi connectivity index (χ0n) is 10.1. The molecule has 0 radical (unpaired) electrons. The monoisotopic (exact) mass is 253 g/mol. The third-order valence-corrected chi connectivity index (χ3v) is 3.07. The lowest BCUT2D eigenvalue weighted by molar-refractivity contribution is -0.141. The summed E-state index contributed by atoms with van der Waals surface area (Å²) in [5, 5.41) is 0. The van der Waals surface area contributed by atoms with Crippen molar-refractivity contribution in [3.8, 4) is 0 Å². The minimum Gasteiger partial charge on any atom is -0.468 e. The van der Waals surface area contributed by atoms with Gasteiger partial charge in [-0.3, -0.25) is 9.59 Å². The zero-order chi connectivity index (χ0) is 12.8. The molecule has 1 aromatic rings. The fourth-order valence-corrected chi connectivity index (χ4v) is 1.95. The summed E-state index contributed by atoms with van der Waals surface area (Å²) in [5.41, 5.74) is 0.603. The Morgan fingerprint density at radius 1 is 1.35 bits per heavy atom. The van der Waals surface area contributed by atoms with Crippen molar-refractivity contribution in [2.45, 2.75) is 4.90 Å². The number of carbonyl (C=O) groups is 2. The second-order valence-electron chi connectivity index (χ2n) is 3.44. The van der Waals surface area contributed by atoms with E-state index < -0.39 is 5.97 Å². The largest absolute Gasteiger partial charge is 0.468 e. The van der Waals surface area contributed by atoms with Gasteiger partial charge in [-0.2, -0.15) is 0 Å². The van der Waals surface area contributed by atoms with Crippen molar-refractivity contribution in [2.24, 2.45) is 0 Å². The van der Waals surface area contributed by atoms with E-state index in [2.05, 4.69) is 4.74 Å². The molecule has 5 heteroatoms. The fraction of sp³-hybridized carbons (Fsp3) is 0.333. The molecule has 0 bridgehead atoms. The normalized spacial score (nSPS) is 9.82. The lowest BCUT2D eigenvalue weighted by Crippen LogP contribution is -2.32. The number of hydrogen-bond donors (Lipinski definition) is 0. The van der Waals surface area contributed by atoms with Crippen molar-refractivity contribution in [1.82, 2.24) is 4.90 Å². The SMILES string of the molecule is COC(=O)CN(C)C(=O)c1ccccc1SC. The molecule has 1 aromatic carbocycles. The minimum atomic E-state index is -0.428. The van der Waals surface area contributed by atoms with Gasteiger partial charge >= 0.3 is 5.97 Å². The van der Waals surface area contributed by atoms with Crippen LogP contribution in [0.25, 0.3) is 0 Å². The molecule has 17 heavy (non-hydrogen) atoms. The first-order valence-electron chi connectivity index (χ1n) is 5.05. The molecule has 0 aliphatic heterocycles. The summed E-state index contributed by atoms with van der Waals surface area (Å²) >= 11 is 1.50. The van der Waals surface area contributed by atoms with Gasteiger partial charge in [-0.05, 0) is 18.4 Å². The van der Waals surface area contributed by atoms with Gasteiger partial charge in [-0.1, -0.05) is 12.1 Å². The second-order valence-corrected chi connectivity index (χ2v) is 4.29. The Kier molecular flexibility index (Phi) is 5.03. The van der Waals surface area contributed by atoms with Crippen molar-refractivity contribution in [2.75, 3.05) is 27.0 Å². The number of likely N-dealkylation sites (N-methyl/N-ethyl adjacent to an activating group) is 1. The van der Waals surface area contributed by atoms with Crippen LogP contribution in [-0.2, 0) is 9.53 Å². The molecule has 0 aliphatic rings. The summed E-state index contributed by atoms with van der Waals surface area (Å²) in [6.07, 6.45) is 1.91. The third-order valence-electron chi connectivity index (χ3n) is 2.28. The predicted octanol–water partition coefficient (Wildman–Crippen LogP) is 1.65. The quantitative estimate of drug-likeness (QED) is 0.604. The molecular formula is C12H15NO3S. The van der Waals surface area contributed by atoms with Gasteiger partial charge in [0.05, 0.1) is 12.7 Å². The molecule has 0 N–H and O–H groups in total. The number of hydrogen-bond acceptors (Lipinski definition) is 4. The number of nitrogens with zero attached hydrogens (tertiary/aromatic N) is 1. The maximum Gasteiger partial charge on any atom is 0.325 e. The first kappa shape index (κ1) is 13.6. The number of ether oxygens (including phenoxy) is 1. The Labute approximate surface area is 105 Å². The van der Waals surface area contributed by atoms with Crippen LogP contribution in [-0.4, -0.2) is 43.7 Å². The maximum atomic E-state index is 12.1. The van der Waals surface area contributed by atoms with Crippen molar-refractivity contribution >= 4 is 23.6 Å². The Bertz CT molecular complexity index is 420. The van der Waals surface area contributed by atoms with Crippen LogP contribution >= 0.6 is 11.8 Å². The van der Waals surface area contributed by atoms with Gasteiger partial charge in [0.15, 0.2) is 0 Å². The summed E-state index contributed by atoms with van der Waals surface area (Å²) in [5.74, 6) is -0.608. The molecule has 0 aromatic heterocycles. The predicted molar refractivity (Wildman–Crippen MR) is 67.2 cm³/mol. The molecule has 0 spiro atoms. The maximum absolute atomic E-state index is 12.1. The molecule has 1 amide bonds. The van der Waals surface area contributed by atoms with Gasteiger partial charge in [-0.15, -0.1) is 11.8 Å². The van der Waals surface area contributed by atoms with Crippen LogP contribution < -0.4 is 0 Å². The Morgan fingerprint density at radius 2 is 2.00 bits per heavy atom. The Balaban J connectivity index is 2.85. The number of carbonyl (C=O) groups excluding carboxylic acids is 2. The highest BCUT2D eigenvalue weighted by molar-refractivity contribution is 7.98. The molecule has 0 fully saturated rings. The molecule has 1 rings (SSSR count). The van der Waals surface area contributed by atoms with Crippen LogP contribution in [0.15, 0.2) is 29.2 Å². The first-order chi connectivity index (χ1) is 8.10. The first-order valence-corrected chi connectivity index (χ1v) is 6.28. The highest BCUT2D eigenvalue weighted by Crippen LogP contribution is 2.20. The van der Waals surface area contributed by atoms with Crippen molar-refractivity contribution in [3.05, 3.63) is 29.8 Å². The lowest BCUT2D eigenvalue weighted by atomic mass is 10.2. The summed E-state index contributed by atoms with van der Waals surface area (Å²) in [6.45, 7) is -0.0436. The number of amides is 1. The Morgan fingerprint density at radius 3 is 2.59 bits per heavy atom. The summed E-state index contributed by atoms with van der Waals surface area (Å²) in [4.78, 5) is 25.4. The topological polar surface area (TPSA) is 46.6 Å². The van der Waals surface area contributed by atoms with E-state index in [0.717, 1.165) is 4.90 Å². The zero-order valence-corrected chi connectivity index (χ0v) is 10.9. The van der Waals surface area contributed by atoms with Gasteiger partial charge in [0.25, 0.3) is 5.91 Å². The molecule has 4 nitrogen and oxygen atoms in total. The molecule has 0 aliphatic carbocycles. The van der Waals surface area contributed by atoms with Gasteiger partial charge in [-0.25, -0.2) is 0 Å². The van der Waals surface area contributed by atoms with Gasteiger partial charge in [0.2, 0.25) is 0 Å². The number of benzene rings is 1. The number of methoxy groups -OCH3 is 1. The molecule has 92 valence electrons. The van der Waals surface area contributed by atoms with E-state index >= 15 is 0 Å².